The van der Waals surface area contributed by atoms with E-state index < -0.39 is 12.0 Å². The van der Waals surface area contributed by atoms with Crippen LogP contribution in [0.5, 0.6) is 0 Å². The summed E-state index contributed by atoms with van der Waals surface area (Å²) in [6.45, 7) is 3.07. The van der Waals surface area contributed by atoms with Crippen molar-refractivity contribution in [1.82, 2.24) is 19.9 Å². The molecule has 1 aliphatic heterocycles. The molecule has 0 amide bonds. The molecule has 0 saturated carbocycles. The maximum absolute atomic E-state index is 12.9. The van der Waals surface area contributed by atoms with Crippen LogP contribution in [0.3, 0.4) is 0 Å². The van der Waals surface area contributed by atoms with E-state index in [4.69, 9.17) is 4.98 Å². The normalized spacial score (nSPS) is 17.2. The van der Waals surface area contributed by atoms with Crippen molar-refractivity contribution in [2.24, 2.45) is 0 Å². The molecule has 1 atom stereocenters. The van der Waals surface area contributed by atoms with E-state index in [-0.39, 0.29) is 23.7 Å². The SMILES string of the molecule is CCCc1cc(N2CCCCC2CCO)nc(Nc2ccc3nc(C(F)(F)F)[nH]c3c2)n1. The third-order valence-corrected chi connectivity index (χ3v) is 5.66. The van der Waals surface area contributed by atoms with Gasteiger partial charge in [-0.3, -0.25) is 0 Å². The summed E-state index contributed by atoms with van der Waals surface area (Å²) < 4.78 is 38.8. The lowest BCUT2D eigenvalue weighted by Crippen LogP contribution is -2.40. The molecule has 3 heterocycles. The molecule has 1 aliphatic rings. The molecule has 0 bridgehead atoms. The Morgan fingerprint density at radius 2 is 2.03 bits per heavy atom. The Balaban J connectivity index is 1.64. The van der Waals surface area contributed by atoms with Crippen LogP contribution in [0.25, 0.3) is 11.0 Å². The third-order valence-electron chi connectivity index (χ3n) is 5.66. The summed E-state index contributed by atoms with van der Waals surface area (Å²) in [5.41, 5.74) is 1.99. The number of alkyl halides is 3. The van der Waals surface area contributed by atoms with Gasteiger partial charge in [0.1, 0.15) is 5.82 Å². The largest absolute Gasteiger partial charge is 0.449 e. The first kappa shape index (κ1) is 22.3. The Kier molecular flexibility index (Phi) is 6.50. The van der Waals surface area contributed by atoms with Gasteiger partial charge in [-0.1, -0.05) is 13.3 Å². The van der Waals surface area contributed by atoms with E-state index >= 15 is 0 Å². The number of aryl methyl sites for hydroxylation is 1. The molecule has 7 nitrogen and oxygen atoms in total. The summed E-state index contributed by atoms with van der Waals surface area (Å²) in [4.78, 5) is 17.5. The molecule has 0 spiro atoms. The summed E-state index contributed by atoms with van der Waals surface area (Å²) >= 11 is 0. The molecule has 0 radical (unpaired) electrons. The molecule has 2 aromatic heterocycles. The molecule has 0 aliphatic carbocycles. The number of aromatic amines is 1. The predicted octanol–water partition coefficient (Wildman–Crippen LogP) is 4.81. The van der Waals surface area contributed by atoms with E-state index in [1.165, 1.54) is 6.07 Å². The molecule has 10 heteroatoms. The summed E-state index contributed by atoms with van der Waals surface area (Å²) in [6.07, 6.45) is 1.08. The summed E-state index contributed by atoms with van der Waals surface area (Å²) in [5.74, 6) is 0.188. The molecule has 1 saturated heterocycles. The fourth-order valence-corrected chi connectivity index (χ4v) is 4.17. The Morgan fingerprint density at radius 3 is 2.78 bits per heavy atom. The highest BCUT2D eigenvalue weighted by molar-refractivity contribution is 5.80. The zero-order chi connectivity index (χ0) is 22.7. The highest BCUT2D eigenvalue weighted by atomic mass is 19.4. The Hall–Kier alpha value is -2.88. The van der Waals surface area contributed by atoms with Gasteiger partial charge in [-0.25, -0.2) is 9.97 Å². The standard InChI is InChI=1S/C22H27F3N6O/c1-2-5-14-13-19(31-10-4-3-6-16(31)9-11-32)30-21(26-14)27-15-7-8-17-18(12-15)29-20(28-17)22(23,24)25/h7-8,12-13,16,32H,2-6,9-11H2,1H3,(H,28,29)(H,26,27,30). The van der Waals surface area contributed by atoms with Gasteiger partial charge >= 0.3 is 6.18 Å². The van der Waals surface area contributed by atoms with Gasteiger partial charge in [-0.15, -0.1) is 0 Å². The Morgan fingerprint density at radius 1 is 1.19 bits per heavy atom. The molecule has 1 unspecified atom stereocenters. The number of nitrogens with zero attached hydrogens (tertiary/aromatic N) is 4. The first-order valence-electron chi connectivity index (χ1n) is 11.0. The van der Waals surface area contributed by atoms with Gasteiger partial charge < -0.3 is 20.3 Å². The average molecular weight is 448 g/mol. The van der Waals surface area contributed by atoms with Crippen LogP contribution in [0, 0.1) is 0 Å². The molecule has 3 aromatic rings. The van der Waals surface area contributed by atoms with E-state index in [1.54, 1.807) is 12.1 Å². The van der Waals surface area contributed by atoms with E-state index in [0.29, 0.717) is 18.1 Å². The van der Waals surface area contributed by atoms with Gasteiger partial charge in [-0.2, -0.15) is 18.2 Å². The van der Waals surface area contributed by atoms with Crippen LogP contribution in [-0.2, 0) is 12.6 Å². The van der Waals surface area contributed by atoms with Crippen molar-refractivity contribution in [3.8, 4) is 0 Å². The number of piperidine rings is 1. The van der Waals surface area contributed by atoms with Crippen LogP contribution in [0.1, 0.15) is 50.5 Å². The number of rotatable bonds is 7. The van der Waals surface area contributed by atoms with E-state index in [2.05, 4.69) is 32.1 Å². The number of H-pyrrole nitrogens is 1. The monoisotopic (exact) mass is 448 g/mol. The van der Waals surface area contributed by atoms with Crippen molar-refractivity contribution in [1.29, 1.82) is 0 Å². The van der Waals surface area contributed by atoms with Gasteiger partial charge in [0.05, 0.1) is 11.0 Å². The number of fused-ring (bicyclic) bond motifs is 1. The third kappa shape index (κ3) is 4.95. The first-order chi connectivity index (χ1) is 15.4. The number of nitrogens with one attached hydrogen (secondary N) is 2. The quantitative estimate of drug-likeness (QED) is 0.481. The highest BCUT2D eigenvalue weighted by Crippen LogP contribution is 2.30. The number of imidazole rings is 1. The van der Waals surface area contributed by atoms with Crippen LogP contribution in [0.4, 0.5) is 30.6 Å². The van der Waals surface area contributed by atoms with Crippen molar-refractivity contribution in [2.45, 2.75) is 57.7 Å². The second-order valence-corrected chi connectivity index (χ2v) is 8.09. The van der Waals surface area contributed by atoms with Gasteiger partial charge in [-0.05, 0) is 50.3 Å². The number of anilines is 3. The van der Waals surface area contributed by atoms with Crippen LogP contribution in [0.2, 0.25) is 0 Å². The molecule has 1 aromatic carbocycles. The van der Waals surface area contributed by atoms with E-state index in [9.17, 15) is 18.3 Å². The highest BCUT2D eigenvalue weighted by Gasteiger charge is 2.34. The fraction of sp³-hybridized carbons (Fsp3) is 0.500. The topological polar surface area (TPSA) is 90.0 Å². The molecule has 3 N–H and O–H groups in total. The number of hydrogen-bond acceptors (Lipinski definition) is 6. The minimum atomic E-state index is -4.53. The van der Waals surface area contributed by atoms with Crippen LogP contribution < -0.4 is 10.2 Å². The van der Waals surface area contributed by atoms with Crippen molar-refractivity contribution in [3.05, 3.63) is 35.8 Å². The molecule has 32 heavy (non-hydrogen) atoms. The van der Waals surface area contributed by atoms with Crippen molar-refractivity contribution >= 4 is 28.5 Å². The minimum absolute atomic E-state index is 0.128. The van der Waals surface area contributed by atoms with Crippen LogP contribution in [0.15, 0.2) is 24.3 Å². The second kappa shape index (κ2) is 9.32. The number of aromatic nitrogens is 4. The lowest BCUT2D eigenvalue weighted by molar-refractivity contribution is -0.144. The van der Waals surface area contributed by atoms with E-state index in [1.807, 2.05) is 6.07 Å². The van der Waals surface area contributed by atoms with Gasteiger partial charge in [0.15, 0.2) is 0 Å². The zero-order valence-electron chi connectivity index (χ0n) is 17.9. The van der Waals surface area contributed by atoms with Crippen molar-refractivity contribution in [3.63, 3.8) is 0 Å². The van der Waals surface area contributed by atoms with Gasteiger partial charge in [0.25, 0.3) is 0 Å². The second-order valence-electron chi connectivity index (χ2n) is 8.09. The van der Waals surface area contributed by atoms with Gasteiger partial charge in [0.2, 0.25) is 11.8 Å². The molecule has 4 rings (SSSR count). The van der Waals surface area contributed by atoms with Crippen LogP contribution >= 0.6 is 0 Å². The number of aliphatic hydroxyl groups is 1. The molecule has 1 fully saturated rings. The number of benzene rings is 1. The minimum Gasteiger partial charge on any atom is -0.396 e. The zero-order valence-corrected chi connectivity index (χ0v) is 17.9. The van der Waals surface area contributed by atoms with Crippen LogP contribution in [-0.4, -0.2) is 44.2 Å². The Bertz CT molecular complexity index is 1070. The first-order valence-corrected chi connectivity index (χ1v) is 11.0. The maximum atomic E-state index is 12.9. The van der Waals surface area contributed by atoms with Crippen molar-refractivity contribution in [2.75, 3.05) is 23.4 Å². The number of halogens is 3. The van der Waals surface area contributed by atoms with Gasteiger partial charge in [0, 0.05) is 36.6 Å². The summed E-state index contributed by atoms with van der Waals surface area (Å²) in [5, 5.41) is 12.6. The fourth-order valence-electron chi connectivity index (χ4n) is 4.17. The van der Waals surface area contributed by atoms with Crippen molar-refractivity contribution < 1.29 is 18.3 Å². The lowest BCUT2D eigenvalue weighted by Gasteiger charge is -2.36. The molecule has 172 valence electrons. The summed E-state index contributed by atoms with van der Waals surface area (Å²) in [6, 6.07) is 6.99. The maximum Gasteiger partial charge on any atom is 0.449 e. The smallest absolute Gasteiger partial charge is 0.396 e. The molecular weight excluding hydrogens is 421 g/mol. The average Bonchev–Trinajstić information content (AvgIpc) is 3.19. The Labute approximate surface area is 184 Å². The number of aliphatic hydroxyl groups excluding tert-OH is 1. The van der Waals surface area contributed by atoms with E-state index in [0.717, 1.165) is 50.2 Å². The predicted molar refractivity (Wildman–Crippen MR) is 117 cm³/mol. The lowest BCUT2D eigenvalue weighted by atomic mass is 9.99. The summed E-state index contributed by atoms with van der Waals surface area (Å²) in [7, 11) is 0. The molecular formula is C22H27F3N6O. The number of hydrogen-bond donors (Lipinski definition) is 3.